The Morgan fingerprint density at radius 3 is 2.38 bits per heavy atom. The number of rotatable bonds is 10. The highest BCUT2D eigenvalue weighted by molar-refractivity contribution is 6.73. The lowest BCUT2D eigenvalue weighted by molar-refractivity contribution is 0.136. The van der Waals surface area contributed by atoms with E-state index in [0.717, 1.165) is 6.42 Å². The molecule has 0 aliphatic heterocycles. The van der Waals surface area contributed by atoms with Crippen molar-refractivity contribution in [2.45, 2.75) is 71.7 Å². The van der Waals surface area contributed by atoms with Gasteiger partial charge in [0.05, 0.1) is 19.0 Å². The molecule has 26 heavy (non-hydrogen) atoms. The quantitative estimate of drug-likeness (QED) is 0.330. The van der Waals surface area contributed by atoms with Crippen LogP contribution in [0.15, 0.2) is 53.8 Å². The van der Waals surface area contributed by atoms with E-state index < -0.39 is 8.32 Å². The Labute approximate surface area is 161 Å². The van der Waals surface area contributed by atoms with E-state index in [1.807, 2.05) is 6.07 Å². The Morgan fingerprint density at radius 2 is 1.77 bits per heavy atom. The summed E-state index contributed by atoms with van der Waals surface area (Å²) in [6.45, 7) is 14.8. The van der Waals surface area contributed by atoms with Crippen LogP contribution in [0.2, 0.25) is 18.1 Å². The standard InChI is InChI=1S/C23H36O2Si/c1-6-26(7-2,8-3)25-23-16-12-15-22(20(23)5)19(4)17-24-18-21-13-10-9-11-14-21/h9-11,13-14,22H,4,6-8,12,15-18H2,1-3,5H3/t22-/m1/s1. The lowest BCUT2D eigenvalue weighted by Gasteiger charge is -2.35. The maximum atomic E-state index is 6.73. The van der Waals surface area contributed by atoms with E-state index in [0.29, 0.717) is 19.1 Å². The summed E-state index contributed by atoms with van der Waals surface area (Å²) in [5.41, 5.74) is 3.80. The van der Waals surface area contributed by atoms with Crippen LogP contribution in [0.3, 0.4) is 0 Å². The molecular weight excluding hydrogens is 336 g/mol. The minimum atomic E-state index is -1.60. The molecule has 1 aliphatic carbocycles. The highest BCUT2D eigenvalue weighted by Gasteiger charge is 2.33. The first-order valence-corrected chi connectivity index (χ1v) is 12.8. The summed E-state index contributed by atoms with van der Waals surface area (Å²) in [5.74, 6) is 1.68. The van der Waals surface area contributed by atoms with Crippen molar-refractivity contribution < 1.29 is 9.16 Å². The van der Waals surface area contributed by atoms with Gasteiger partial charge < -0.3 is 9.16 Å². The molecule has 0 bridgehead atoms. The molecule has 1 aliphatic rings. The number of benzene rings is 1. The number of hydrogen-bond acceptors (Lipinski definition) is 2. The van der Waals surface area contributed by atoms with Crippen LogP contribution in [-0.2, 0) is 15.8 Å². The highest BCUT2D eigenvalue weighted by atomic mass is 28.4. The average molecular weight is 373 g/mol. The Morgan fingerprint density at radius 1 is 1.12 bits per heavy atom. The van der Waals surface area contributed by atoms with Gasteiger partial charge in [0.25, 0.3) is 0 Å². The molecule has 144 valence electrons. The van der Waals surface area contributed by atoms with Crippen molar-refractivity contribution in [3.8, 4) is 0 Å². The second kappa shape index (κ2) is 10.1. The highest BCUT2D eigenvalue weighted by Crippen LogP contribution is 2.37. The lowest BCUT2D eigenvalue weighted by Crippen LogP contribution is -2.36. The number of ether oxygens (including phenoxy) is 1. The first-order valence-electron chi connectivity index (χ1n) is 10.2. The van der Waals surface area contributed by atoms with E-state index in [-0.39, 0.29) is 0 Å². The molecule has 2 nitrogen and oxygen atoms in total. The molecular formula is C23H36O2Si. The summed E-state index contributed by atoms with van der Waals surface area (Å²) in [7, 11) is -1.60. The van der Waals surface area contributed by atoms with Crippen LogP contribution < -0.4 is 0 Å². The summed E-state index contributed by atoms with van der Waals surface area (Å²) in [6, 6.07) is 13.9. The van der Waals surface area contributed by atoms with E-state index in [2.05, 4.69) is 58.5 Å². The van der Waals surface area contributed by atoms with Gasteiger partial charge in [-0.2, -0.15) is 0 Å². The van der Waals surface area contributed by atoms with E-state index in [9.17, 15) is 0 Å². The Bertz CT molecular complexity index is 594. The molecule has 0 amide bonds. The fourth-order valence-electron chi connectivity index (χ4n) is 3.92. The SMILES string of the molecule is C=C(COCc1ccccc1)[C@H]1CCCC(O[Si](CC)(CC)CC)=C1C. The molecule has 0 radical (unpaired) electrons. The van der Waals surface area contributed by atoms with Crippen molar-refractivity contribution in [2.75, 3.05) is 6.61 Å². The zero-order valence-corrected chi connectivity index (χ0v) is 18.1. The molecule has 0 heterocycles. The topological polar surface area (TPSA) is 18.5 Å². The van der Waals surface area contributed by atoms with Crippen molar-refractivity contribution in [3.05, 3.63) is 59.4 Å². The fraction of sp³-hybridized carbons (Fsp3) is 0.565. The molecule has 0 saturated heterocycles. The molecule has 0 aromatic heterocycles. The normalized spacial score (nSPS) is 18.1. The predicted molar refractivity (Wildman–Crippen MR) is 114 cm³/mol. The minimum absolute atomic E-state index is 0.409. The minimum Gasteiger partial charge on any atom is -0.547 e. The first-order chi connectivity index (χ1) is 12.5. The Balaban J connectivity index is 1.98. The third-order valence-corrected chi connectivity index (χ3v) is 10.6. The molecule has 1 aromatic rings. The van der Waals surface area contributed by atoms with Crippen LogP contribution in [0, 0.1) is 5.92 Å². The van der Waals surface area contributed by atoms with Gasteiger partial charge in [-0.3, -0.25) is 0 Å². The first kappa shape index (κ1) is 21.0. The fourth-order valence-corrected chi connectivity index (χ4v) is 6.64. The van der Waals surface area contributed by atoms with Gasteiger partial charge >= 0.3 is 0 Å². The van der Waals surface area contributed by atoms with Gasteiger partial charge in [0.15, 0.2) is 0 Å². The van der Waals surface area contributed by atoms with Crippen molar-refractivity contribution in [1.29, 1.82) is 0 Å². The zero-order valence-electron chi connectivity index (χ0n) is 17.1. The van der Waals surface area contributed by atoms with Crippen LogP contribution in [0.25, 0.3) is 0 Å². The summed E-state index contributed by atoms with van der Waals surface area (Å²) >= 11 is 0. The molecule has 0 unspecified atom stereocenters. The number of hydrogen-bond donors (Lipinski definition) is 0. The van der Waals surface area contributed by atoms with Crippen LogP contribution in [0.1, 0.15) is 52.5 Å². The van der Waals surface area contributed by atoms with E-state index >= 15 is 0 Å². The van der Waals surface area contributed by atoms with E-state index in [4.69, 9.17) is 9.16 Å². The third kappa shape index (κ3) is 5.34. The average Bonchev–Trinajstić information content (AvgIpc) is 2.68. The molecule has 2 rings (SSSR count). The third-order valence-electron chi connectivity index (χ3n) is 6.02. The van der Waals surface area contributed by atoms with Gasteiger partial charge in [-0.1, -0.05) is 57.7 Å². The van der Waals surface area contributed by atoms with Crippen LogP contribution in [0.4, 0.5) is 0 Å². The molecule has 0 saturated carbocycles. The monoisotopic (exact) mass is 372 g/mol. The smallest absolute Gasteiger partial charge is 0.250 e. The Kier molecular flexibility index (Phi) is 8.17. The Hall–Kier alpha value is -1.32. The van der Waals surface area contributed by atoms with Crippen molar-refractivity contribution in [1.82, 2.24) is 0 Å². The van der Waals surface area contributed by atoms with E-state index in [1.54, 1.807) is 0 Å². The second-order valence-electron chi connectivity index (χ2n) is 7.53. The molecule has 1 aromatic carbocycles. The zero-order chi connectivity index (χ0) is 19.0. The van der Waals surface area contributed by atoms with Crippen molar-refractivity contribution in [2.24, 2.45) is 5.92 Å². The van der Waals surface area contributed by atoms with Crippen molar-refractivity contribution >= 4 is 8.32 Å². The summed E-state index contributed by atoms with van der Waals surface area (Å²) in [4.78, 5) is 0. The summed E-state index contributed by atoms with van der Waals surface area (Å²) in [6.07, 6.45) is 3.46. The maximum Gasteiger partial charge on any atom is 0.250 e. The van der Waals surface area contributed by atoms with Gasteiger partial charge in [0, 0.05) is 12.3 Å². The lowest BCUT2D eigenvalue weighted by atomic mass is 9.83. The molecule has 0 spiro atoms. The van der Waals surface area contributed by atoms with Crippen molar-refractivity contribution in [3.63, 3.8) is 0 Å². The predicted octanol–water partition coefficient (Wildman–Crippen LogP) is 6.86. The van der Waals surface area contributed by atoms with Gasteiger partial charge in [-0.15, -0.1) is 0 Å². The van der Waals surface area contributed by atoms with Gasteiger partial charge in [-0.25, -0.2) is 0 Å². The molecule has 1 atom stereocenters. The summed E-state index contributed by atoms with van der Waals surface area (Å²) < 4.78 is 12.7. The summed E-state index contributed by atoms with van der Waals surface area (Å²) in [5, 5.41) is 0. The van der Waals surface area contributed by atoms with E-state index in [1.165, 1.54) is 53.4 Å². The van der Waals surface area contributed by atoms with Crippen LogP contribution in [0.5, 0.6) is 0 Å². The molecule has 3 heteroatoms. The van der Waals surface area contributed by atoms with Gasteiger partial charge in [-0.05, 0) is 54.6 Å². The van der Waals surface area contributed by atoms with Crippen LogP contribution in [-0.4, -0.2) is 14.9 Å². The molecule has 0 N–H and O–H groups in total. The van der Waals surface area contributed by atoms with Gasteiger partial charge in [0.1, 0.15) is 0 Å². The maximum absolute atomic E-state index is 6.73. The number of allylic oxidation sites excluding steroid dienone is 2. The van der Waals surface area contributed by atoms with Gasteiger partial charge in [0.2, 0.25) is 8.32 Å². The molecule has 0 fully saturated rings. The largest absolute Gasteiger partial charge is 0.547 e. The second-order valence-corrected chi connectivity index (χ2v) is 12.2. The van der Waals surface area contributed by atoms with Crippen LogP contribution >= 0.6 is 0 Å².